The number of halogens is 1. The molecule has 80 valence electrons. The third-order valence-electron chi connectivity index (χ3n) is 2.56. The molecule has 1 rings (SSSR count). The van der Waals surface area contributed by atoms with Gasteiger partial charge >= 0.3 is 0 Å². The van der Waals surface area contributed by atoms with Crippen molar-refractivity contribution in [3.63, 3.8) is 0 Å². The van der Waals surface area contributed by atoms with Crippen LogP contribution in [0.25, 0.3) is 0 Å². The van der Waals surface area contributed by atoms with Gasteiger partial charge in [-0.15, -0.1) is 12.4 Å². The number of benzene rings is 1. The standard InChI is InChI=1S/C12H19N.ClH/c1-4-5-12(13)11-7-6-9(2)10(3)8-11;/h6-8,12H,4-5,13H2,1-3H3;1H/t12-;/m1./s1. The third kappa shape index (κ3) is 3.32. The smallest absolute Gasteiger partial charge is 0.0294 e. The molecule has 0 bridgehead atoms. The molecule has 0 aromatic heterocycles. The maximum Gasteiger partial charge on any atom is 0.0294 e. The minimum absolute atomic E-state index is 0. The van der Waals surface area contributed by atoms with E-state index in [9.17, 15) is 0 Å². The van der Waals surface area contributed by atoms with Crippen molar-refractivity contribution < 1.29 is 0 Å². The van der Waals surface area contributed by atoms with E-state index in [1.54, 1.807) is 0 Å². The summed E-state index contributed by atoms with van der Waals surface area (Å²) in [5.74, 6) is 0. The summed E-state index contributed by atoms with van der Waals surface area (Å²) >= 11 is 0. The van der Waals surface area contributed by atoms with Crippen LogP contribution in [0.15, 0.2) is 18.2 Å². The normalized spacial score (nSPS) is 12.0. The van der Waals surface area contributed by atoms with E-state index in [-0.39, 0.29) is 18.4 Å². The lowest BCUT2D eigenvalue weighted by molar-refractivity contribution is 0.638. The Labute approximate surface area is 93.1 Å². The molecule has 0 aliphatic carbocycles. The lowest BCUT2D eigenvalue weighted by Crippen LogP contribution is -2.09. The predicted molar refractivity (Wildman–Crippen MR) is 65.0 cm³/mol. The number of aryl methyl sites for hydroxylation is 2. The highest BCUT2D eigenvalue weighted by Gasteiger charge is 2.04. The summed E-state index contributed by atoms with van der Waals surface area (Å²) in [5, 5.41) is 0. The highest BCUT2D eigenvalue weighted by atomic mass is 35.5. The lowest BCUT2D eigenvalue weighted by atomic mass is 9.99. The molecule has 1 atom stereocenters. The Hall–Kier alpha value is -0.530. The second kappa shape index (κ2) is 6.05. The largest absolute Gasteiger partial charge is 0.324 e. The predicted octanol–water partition coefficient (Wildman–Crippen LogP) is 3.53. The Morgan fingerprint density at radius 3 is 2.36 bits per heavy atom. The van der Waals surface area contributed by atoms with E-state index in [1.165, 1.54) is 16.7 Å². The van der Waals surface area contributed by atoms with E-state index in [4.69, 9.17) is 5.73 Å². The van der Waals surface area contributed by atoms with Crippen molar-refractivity contribution in [1.29, 1.82) is 0 Å². The molecular formula is C12H20ClN. The van der Waals surface area contributed by atoms with Gasteiger partial charge in [-0.05, 0) is 37.0 Å². The molecule has 0 radical (unpaired) electrons. The highest BCUT2D eigenvalue weighted by molar-refractivity contribution is 5.85. The fourth-order valence-electron chi connectivity index (χ4n) is 1.47. The zero-order chi connectivity index (χ0) is 9.84. The molecule has 1 aromatic rings. The Kier molecular flexibility index (Phi) is 5.82. The van der Waals surface area contributed by atoms with E-state index < -0.39 is 0 Å². The Morgan fingerprint density at radius 1 is 1.21 bits per heavy atom. The molecule has 0 amide bonds. The van der Waals surface area contributed by atoms with Crippen molar-refractivity contribution in [2.24, 2.45) is 5.73 Å². The molecule has 1 nitrogen and oxygen atoms in total. The third-order valence-corrected chi connectivity index (χ3v) is 2.56. The molecular weight excluding hydrogens is 194 g/mol. The van der Waals surface area contributed by atoms with Crippen LogP contribution in [-0.4, -0.2) is 0 Å². The van der Waals surface area contributed by atoms with Crippen molar-refractivity contribution in [3.05, 3.63) is 34.9 Å². The summed E-state index contributed by atoms with van der Waals surface area (Å²) in [4.78, 5) is 0. The average Bonchev–Trinajstić information content (AvgIpc) is 2.10. The lowest BCUT2D eigenvalue weighted by Gasteiger charge is -2.12. The average molecular weight is 214 g/mol. The van der Waals surface area contributed by atoms with Crippen LogP contribution < -0.4 is 5.73 Å². The van der Waals surface area contributed by atoms with Gasteiger partial charge in [0.25, 0.3) is 0 Å². The second-order valence-electron chi connectivity index (χ2n) is 3.74. The van der Waals surface area contributed by atoms with E-state index in [0.29, 0.717) is 0 Å². The maximum atomic E-state index is 6.02. The van der Waals surface area contributed by atoms with E-state index in [0.717, 1.165) is 12.8 Å². The van der Waals surface area contributed by atoms with Crippen molar-refractivity contribution in [2.45, 2.75) is 39.7 Å². The summed E-state index contributed by atoms with van der Waals surface area (Å²) in [6, 6.07) is 6.71. The molecule has 0 spiro atoms. The summed E-state index contributed by atoms with van der Waals surface area (Å²) < 4.78 is 0. The molecule has 0 saturated heterocycles. The van der Waals surface area contributed by atoms with Crippen LogP contribution in [0.2, 0.25) is 0 Å². The summed E-state index contributed by atoms with van der Waals surface area (Å²) in [7, 11) is 0. The first-order valence-corrected chi connectivity index (χ1v) is 4.98. The Bertz CT molecular complexity index is 284. The monoisotopic (exact) mass is 213 g/mol. The first kappa shape index (κ1) is 13.5. The fraction of sp³-hybridized carbons (Fsp3) is 0.500. The summed E-state index contributed by atoms with van der Waals surface area (Å²) in [5.41, 5.74) is 9.97. The van der Waals surface area contributed by atoms with E-state index in [2.05, 4.69) is 39.0 Å². The van der Waals surface area contributed by atoms with Crippen LogP contribution in [0.3, 0.4) is 0 Å². The zero-order valence-corrected chi connectivity index (χ0v) is 10.0. The maximum absolute atomic E-state index is 6.02. The van der Waals surface area contributed by atoms with E-state index >= 15 is 0 Å². The molecule has 0 aliphatic heterocycles. The van der Waals surface area contributed by atoms with Crippen LogP contribution >= 0.6 is 12.4 Å². The van der Waals surface area contributed by atoms with Crippen molar-refractivity contribution in [3.8, 4) is 0 Å². The molecule has 0 aliphatic rings. The second-order valence-corrected chi connectivity index (χ2v) is 3.74. The van der Waals surface area contributed by atoms with Crippen molar-refractivity contribution in [1.82, 2.24) is 0 Å². The molecule has 2 N–H and O–H groups in total. The molecule has 2 heteroatoms. The quantitative estimate of drug-likeness (QED) is 0.817. The molecule has 0 saturated carbocycles. The van der Waals surface area contributed by atoms with Gasteiger partial charge in [-0.1, -0.05) is 31.5 Å². The summed E-state index contributed by atoms with van der Waals surface area (Å²) in [6.45, 7) is 6.43. The Morgan fingerprint density at radius 2 is 1.86 bits per heavy atom. The number of nitrogens with two attached hydrogens (primary N) is 1. The molecule has 0 fully saturated rings. The van der Waals surface area contributed by atoms with E-state index in [1.807, 2.05) is 0 Å². The van der Waals surface area contributed by atoms with Gasteiger partial charge in [0.2, 0.25) is 0 Å². The number of rotatable bonds is 3. The topological polar surface area (TPSA) is 26.0 Å². The number of hydrogen-bond acceptors (Lipinski definition) is 1. The van der Waals surface area contributed by atoms with Gasteiger partial charge < -0.3 is 5.73 Å². The molecule has 0 heterocycles. The first-order chi connectivity index (χ1) is 6.15. The zero-order valence-electron chi connectivity index (χ0n) is 9.21. The summed E-state index contributed by atoms with van der Waals surface area (Å²) in [6.07, 6.45) is 2.22. The highest BCUT2D eigenvalue weighted by Crippen LogP contribution is 2.18. The molecule has 0 unspecified atom stereocenters. The van der Waals surface area contributed by atoms with Gasteiger partial charge in [0.15, 0.2) is 0 Å². The van der Waals surface area contributed by atoms with Crippen LogP contribution in [0.4, 0.5) is 0 Å². The molecule has 1 aromatic carbocycles. The van der Waals surface area contributed by atoms with Gasteiger partial charge in [-0.25, -0.2) is 0 Å². The van der Waals surface area contributed by atoms with Crippen molar-refractivity contribution in [2.75, 3.05) is 0 Å². The minimum Gasteiger partial charge on any atom is -0.324 e. The van der Waals surface area contributed by atoms with Crippen LogP contribution in [-0.2, 0) is 0 Å². The minimum atomic E-state index is 0. The van der Waals surface area contributed by atoms with Crippen LogP contribution in [0, 0.1) is 13.8 Å². The number of hydrogen-bond donors (Lipinski definition) is 1. The first-order valence-electron chi connectivity index (χ1n) is 4.98. The SMILES string of the molecule is CCC[C@@H](N)c1ccc(C)c(C)c1.Cl. The van der Waals surface area contributed by atoms with Gasteiger partial charge in [0, 0.05) is 6.04 Å². The van der Waals surface area contributed by atoms with Gasteiger partial charge in [0.1, 0.15) is 0 Å². The Balaban J connectivity index is 0.00000169. The molecule has 14 heavy (non-hydrogen) atoms. The van der Waals surface area contributed by atoms with Gasteiger partial charge in [0.05, 0.1) is 0 Å². The van der Waals surface area contributed by atoms with Crippen molar-refractivity contribution >= 4 is 12.4 Å². The fourth-order valence-corrected chi connectivity index (χ4v) is 1.47. The van der Waals surface area contributed by atoms with Crippen LogP contribution in [0.1, 0.15) is 42.5 Å². The van der Waals surface area contributed by atoms with Gasteiger partial charge in [-0.2, -0.15) is 0 Å². The van der Waals surface area contributed by atoms with Crippen LogP contribution in [0.5, 0.6) is 0 Å². The van der Waals surface area contributed by atoms with Gasteiger partial charge in [-0.3, -0.25) is 0 Å².